The Kier molecular flexibility index (Phi) is 4.02. The molecule has 3 rings (SSSR count). The number of hydrogen-bond acceptors (Lipinski definition) is 2. The first-order valence-electron chi connectivity index (χ1n) is 7.51. The third-order valence-electron chi connectivity index (χ3n) is 3.83. The monoisotopic (exact) mass is 293 g/mol. The quantitative estimate of drug-likeness (QED) is 0.815. The lowest BCUT2D eigenvalue weighted by molar-refractivity contribution is 0.414. The fraction of sp³-hybridized carbons (Fsp3) is 0.316. The van der Waals surface area contributed by atoms with Gasteiger partial charge in [-0.1, -0.05) is 24.0 Å². The average molecular weight is 293 g/mol. The van der Waals surface area contributed by atoms with Crippen LogP contribution < -0.4 is 10.3 Å². The zero-order valence-corrected chi connectivity index (χ0v) is 12.9. The normalized spacial score (nSPS) is 13.4. The lowest BCUT2D eigenvalue weighted by Gasteiger charge is -2.10. The summed E-state index contributed by atoms with van der Waals surface area (Å²) >= 11 is 0. The van der Waals surface area contributed by atoms with E-state index in [4.69, 9.17) is 4.74 Å². The third-order valence-corrected chi connectivity index (χ3v) is 3.83. The molecule has 0 bridgehead atoms. The van der Waals surface area contributed by atoms with Crippen molar-refractivity contribution in [3.05, 3.63) is 63.6 Å². The second-order valence-electron chi connectivity index (χ2n) is 5.70. The largest absolute Gasteiger partial charge is 0.497 e. The van der Waals surface area contributed by atoms with Crippen molar-refractivity contribution in [2.75, 3.05) is 7.11 Å². The van der Waals surface area contributed by atoms with Gasteiger partial charge in [-0.2, -0.15) is 0 Å². The molecule has 3 nitrogen and oxygen atoms in total. The zero-order chi connectivity index (χ0) is 15.5. The Morgan fingerprint density at radius 2 is 1.95 bits per heavy atom. The fourth-order valence-electron chi connectivity index (χ4n) is 2.33. The smallest absolute Gasteiger partial charge is 0.252 e. The van der Waals surface area contributed by atoms with Crippen LogP contribution in [0.25, 0.3) is 0 Å². The highest BCUT2D eigenvalue weighted by Crippen LogP contribution is 2.27. The standard InChI is InChI=1S/C19H19NO2/c1-14-11-17(6-5-15-3-4-15)12-19(21)20(14)13-16-7-9-18(22-2)10-8-16/h7-12,15H,3-4,13H2,1-2H3. The summed E-state index contributed by atoms with van der Waals surface area (Å²) < 4.78 is 6.92. The van der Waals surface area contributed by atoms with Gasteiger partial charge >= 0.3 is 0 Å². The third kappa shape index (κ3) is 3.40. The molecule has 0 N–H and O–H groups in total. The second kappa shape index (κ2) is 6.11. The average Bonchev–Trinajstić information content (AvgIpc) is 3.34. The SMILES string of the molecule is COc1ccc(Cn2c(C)cc(C#CC3CC3)cc2=O)cc1. The minimum Gasteiger partial charge on any atom is -0.497 e. The number of hydrogen-bond donors (Lipinski definition) is 0. The predicted molar refractivity (Wildman–Crippen MR) is 87.1 cm³/mol. The molecule has 2 aromatic rings. The van der Waals surface area contributed by atoms with E-state index in [9.17, 15) is 4.79 Å². The molecule has 1 aliphatic rings. The van der Waals surface area contributed by atoms with Crippen molar-refractivity contribution in [3.63, 3.8) is 0 Å². The van der Waals surface area contributed by atoms with E-state index in [1.165, 1.54) is 12.8 Å². The Morgan fingerprint density at radius 3 is 2.55 bits per heavy atom. The van der Waals surface area contributed by atoms with E-state index in [1.54, 1.807) is 17.7 Å². The van der Waals surface area contributed by atoms with Crippen molar-refractivity contribution in [1.82, 2.24) is 4.57 Å². The highest BCUT2D eigenvalue weighted by atomic mass is 16.5. The molecule has 1 aromatic heterocycles. The lowest BCUT2D eigenvalue weighted by Crippen LogP contribution is -2.22. The van der Waals surface area contributed by atoms with E-state index in [0.717, 1.165) is 22.6 Å². The number of benzene rings is 1. The van der Waals surface area contributed by atoms with E-state index >= 15 is 0 Å². The highest BCUT2D eigenvalue weighted by molar-refractivity contribution is 5.36. The second-order valence-corrected chi connectivity index (χ2v) is 5.70. The summed E-state index contributed by atoms with van der Waals surface area (Å²) in [4.78, 5) is 12.3. The van der Waals surface area contributed by atoms with Crippen LogP contribution in [0.1, 0.15) is 29.7 Å². The van der Waals surface area contributed by atoms with Crippen molar-refractivity contribution in [1.29, 1.82) is 0 Å². The van der Waals surface area contributed by atoms with Gasteiger partial charge in [0.25, 0.3) is 5.56 Å². The Labute approximate surface area is 130 Å². The van der Waals surface area contributed by atoms with Gasteiger partial charge in [0, 0.05) is 23.2 Å². The Bertz CT molecular complexity index is 787. The van der Waals surface area contributed by atoms with Crippen molar-refractivity contribution in [2.45, 2.75) is 26.3 Å². The number of ether oxygens (including phenoxy) is 1. The van der Waals surface area contributed by atoms with E-state index in [1.807, 2.05) is 37.3 Å². The summed E-state index contributed by atoms with van der Waals surface area (Å²) in [5.74, 6) is 7.67. The number of rotatable bonds is 3. The molecule has 0 radical (unpaired) electrons. The van der Waals surface area contributed by atoms with Crippen LogP contribution in [0.2, 0.25) is 0 Å². The number of nitrogens with zero attached hydrogens (tertiary/aromatic N) is 1. The Hall–Kier alpha value is -2.47. The highest BCUT2D eigenvalue weighted by Gasteiger charge is 2.17. The number of aromatic nitrogens is 1. The van der Waals surface area contributed by atoms with Crippen LogP contribution in [0.3, 0.4) is 0 Å². The van der Waals surface area contributed by atoms with Gasteiger partial charge < -0.3 is 9.30 Å². The van der Waals surface area contributed by atoms with Gasteiger partial charge in [-0.05, 0) is 43.5 Å². The molecule has 0 saturated heterocycles. The van der Waals surface area contributed by atoms with Crippen molar-refractivity contribution in [3.8, 4) is 17.6 Å². The lowest BCUT2D eigenvalue weighted by atomic mass is 10.2. The number of pyridine rings is 1. The van der Waals surface area contributed by atoms with Crippen LogP contribution in [0.4, 0.5) is 0 Å². The predicted octanol–water partition coefficient (Wildman–Crippen LogP) is 2.98. The van der Waals surface area contributed by atoms with Crippen LogP contribution in [-0.2, 0) is 6.54 Å². The van der Waals surface area contributed by atoms with Gasteiger partial charge in [-0.25, -0.2) is 0 Å². The zero-order valence-electron chi connectivity index (χ0n) is 12.9. The molecule has 3 heteroatoms. The van der Waals surface area contributed by atoms with E-state index in [-0.39, 0.29) is 5.56 Å². The van der Waals surface area contributed by atoms with Crippen LogP contribution in [0, 0.1) is 24.7 Å². The number of aryl methyl sites for hydroxylation is 1. The van der Waals surface area contributed by atoms with Crippen LogP contribution in [0.15, 0.2) is 41.2 Å². The van der Waals surface area contributed by atoms with Gasteiger partial charge in [0.1, 0.15) is 5.75 Å². The molecule has 1 aromatic carbocycles. The molecule has 0 spiro atoms. The molecule has 1 heterocycles. The van der Waals surface area contributed by atoms with Gasteiger partial charge in [-0.15, -0.1) is 0 Å². The maximum absolute atomic E-state index is 12.3. The summed E-state index contributed by atoms with van der Waals surface area (Å²) in [7, 11) is 1.64. The first kappa shape index (κ1) is 14.5. The molecule has 0 amide bonds. The van der Waals surface area contributed by atoms with Crippen molar-refractivity contribution < 1.29 is 4.74 Å². The molecular formula is C19H19NO2. The molecule has 0 aliphatic heterocycles. The summed E-state index contributed by atoms with van der Waals surface area (Å²) in [5.41, 5.74) is 2.82. The van der Waals surface area contributed by atoms with E-state index < -0.39 is 0 Å². The summed E-state index contributed by atoms with van der Waals surface area (Å²) in [6.45, 7) is 2.51. The van der Waals surface area contributed by atoms with Crippen molar-refractivity contribution >= 4 is 0 Å². The molecule has 0 atom stereocenters. The Morgan fingerprint density at radius 1 is 1.23 bits per heavy atom. The molecule has 112 valence electrons. The van der Waals surface area contributed by atoms with Crippen LogP contribution >= 0.6 is 0 Å². The van der Waals surface area contributed by atoms with E-state index in [2.05, 4.69) is 11.8 Å². The topological polar surface area (TPSA) is 31.2 Å². The first-order valence-corrected chi connectivity index (χ1v) is 7.51. The minimum atomic E-state index is -0.00378. The Balaban J connectivity index is 1.84. The summed E-state index contributed by atoms with van der Waals surface area (Å²) in [5, 5.41) is 0. The van der Waals surface area contributed by atoms with Gasteiger partial charge in [-0.3, -0.25) is 4.79 Å². The molecule has 22 heavy (non-hydrogen) atoms. The van der Waals surface area contributed by atoms with Crippen molar-refractivity contribution in [2.24, 2.45) is 5.92 Å². The minimum absolute atomic E-state index is 0.00378. The molecule has 1 saturated carbocycles. The first-order chi connectivity index (χ1) is 10.7. The van der Waals surface area contributed by atoms with E-state index in [0.29, 0.717) is 12.5 Å². The van der Waals surface area contributed by atoms with Crippen LogP contribution in [0.5, 0.6) is 5.75 Å². The summed E-state index contributed by atoms with van der Waals surface area (Å²) in [6.07, 6.45) is 2.39. The van der Waals surface area contributed by atoms with Crippen LogP contribution in [-0.4, -0.2) is 11.7 Å². The molecule has 0 unspecified atom stereocenters. The molecule has 1 aliphatic carbocycles. The van der Waals surface area contributed by atoms with Gasteiger partial charge in [0.15, 0.2) is 0 Å². The maximum atomic E-state index is 12.3. The molecule has 1 fully saturated rings. The number of methoxy groups -OCH3 is 1. The molecular weight excluding hydrogens is 274 g/mol. The summed E-state index contributed by atoms with van der Waals surface area (Å²) in [6, 6.07) is 11.4. The maximum Gasteiger partial charge on any atom is 0.252 e. The fourth-order valence-corrected chi connectivity index (χ4v) is 2.33. The van der Waals surface area contributed by atoms with Gasteiger partial charge in [0.05, 0.1) is 13.7 Å². The van der Waals surface area contributed by atoms with Gasteiger partial charge in [0.2, 0.25) is 0 Å².